The van der Waals surface area contributed by atoms with E-state index in [4.69, 9.17) is 5.11 Å². The molecule has 1 atom stereocenters. The molecule has 1 aliphatic carbocycles. The van der Waals surface area contributed by atoms with E-state index in [-0.39, 0.29) is 11.8 Å². The molecule has 0 aromatic rings. The Balaban J connectivity index is 1.92. The minimum absolute atomic E-state index is 0.0990. The fourth-order valence-corrected chi connectivity index (χ4v) is 2.15. The number of rotatable bonds is 4. The molecule has 1 saturated heterocycles. The molecule has 16 heavy (non-hydrogen) atoms. The third-order valence-electron chi connectivity index (χ3n) is 3.91. The summed E-state index contributed by atoms with van der Waals surface area (Å²) in [6.07, 6.45) is 2.00. The zero-order valence-electron chi connectivity index (χ0n) is 9.45. The number of hydrogen-bond donors (Lipinski definition) is 3. The molecule has 0 aromatic heterocycles. The molecule has 1 amide bonds. The number of hydrogen-bond acceptors (Lipinski definition) is 3. The average molecular weight is 226 g/mol. The van der Waals surface area contributed by atoms with E-state index in [0.29, 0.717) is 18.8 Å². The molecule has 0 bridgehead atoms. The van der Waals surface area contributed by atoms with Gasteiger partial charge in [-0.2, -0.15) is 0 Å². The quantitative estimate of drug-likeness (QED) is 0.629. The lowest BCUT2D eigenvalue weighted by Crippen LogP contribution is -2.61. The van der Waals surface area contributed by atoms with Crippen LogP contribution in [0.15, 0.2) is 0 Å². The van der Waals surface area contributed by atoms with Crippen LogP contribution >= 0.6 is 0 Å². The topological polar surface area (TPSA) is 78.4 Å². The van der Waals surface area contributed by atoms with Crippen LogP contribution in [0.2, 0.25) is 0 Å². The van der Waals surface area contributed by atoms with E-state index in [1.54, 1.807) is 0 Å². The summed E-state index contributed by atoms with van der Waals surface area (Å²) in [6.45, 7) is 3.58. The first-order valence-electron chi connectivity index (χ1n) is 5.81. The van der Waals surface area contributed by atoms with Crippen molar-refractivity contribution in [1.82, 2.24) is 10.6 Å². The third kappa shape index (κ3) is 1.80. The Hall–Kier alpha value is -1.10. The van der Waals surface area contributed by atoms with Gasteiger partial charge in [0.1, 0.15) is 5.54 Å². The molecule has 1 heterocycles. The first-order valence-corrected chi connectivity index (χ1v) is 5.81. The van der Waals surface area contributed by atoms with E-state index in [9.17, 15) is 9.59 Å². The minimum atomic E-state index is -0.970. The fourth-order valence-electron chi connectivity index (χ4n) is 2.15. The normalized spacial score (nSPS) is 25.1. The summed E-state index contributed by atoms with van der Waals surface area (Å²) >= 11 is 0. The summed E-state index contributed by atoms with van der Waals surface area (Å²) in [5.74, 6) is -0.761. The van der Waals surface area contributed by atoms with Crippen molar-refractivity contribution in [3.63, 3.8) is 0 Å². The molecular formula is C11H18N2O3. The Kier molecular flexibility index (Phi) is 2.88. The molecule has 1 unspecified atom stereocenters. The van der Waals surface area contributed by atoms with Gasteiger partial charge in [0.25, 0.3) is 0 Å². The second-order valence-corrected chi connectivity index (χ2v) is 4.94. The number of aliphatic carboxylic acids is 1. The standard InChI is InChI=1S/C11H18N2O3/c1-7(8-5-12-6-8)9(14)13-11(10(15)16)3-2-4-11/h7-8,12H,2-6H2,1H3,(H,13,14)(H,15,16). The lowest BCUT2D eigenvalue weighted by Gasteiger charge is -2.40. The summed E-state index contributed by atoms with van der Waals surface area (Å²) in [5.41, 5.74) is -0.970. The maximum atomic E-state index is 11.9. The fraction of sp³-hybridized carbons (Fsp3) is 0.818. The first-order chi connectivity index (χ1) is 7.55. The van der Waals surface area contributed by atoms with Crippen LogP contribution in [0.25, 0.3) is 0 Å². The zero-order chi connectivity index (χ0) is 11.8. The first kappa shape index (κ1) is 11.4. The summed E-state index contributed by atoms with van der Waals surface area (Å²) in [6, 6.07) is 0. The van der Waals surface area contributed by atoms with Gasteiger partial charge < -0.3 is 15.7 Å². The van der Waals surface area contributed by atoms with Crippen molar-refractivity contribution in [1.29, 1.82) is 0 Å². The minimum Gasteiger partial charge on any atom is -0.480 e. The molecule has 0 radical (unpaired) electrons. The number of amides is 1. The monoisotopic (exact) mass is 226 g/mol. The van der Waals surface area contributed by atoms with Crippen molar-refractivity contribution in [2.24, 2.45) is 11.8 Å². The highest BCUT2D eigenvalue weighted by atomic mass is 16.4. The van der Waals surface area contributed by atoms with Crippen molar-refractivity contribution in [3.05, 3.63) is 0 Å². The SMILES string of the molecule is CC(C(=O)NC1(C(=O)O)CCC1)C1CNC1. The van der Waals surface area contributed by atoms with E-state index >= 15 is 0 Å². The highest BCUT2D eigenvalue weighted by Gasteiger charge is 2.46. The summed E-state index contributed by atoms with van der Waals surface area (Å²) in [7, 11) is 0. The predicted molar refractivity (Wildman–Crippen MR) is 57.9 cm³/mol. The maximum Gasteiger partial charge on any atom is 0.329 e. The Labute approximate surface area is 94.6 Å². The van der Waals surface area contributed by atoms with Crippen molar-refractivity contribution in [2.45, 2.75) is 31.7 Å². The Bertz CT molecular complexity index is 308. The molecule has 1 aliphatic heterocycles. The molecule has 5 heteroatoms. The van der Waals surface area contributed by atoms with Crippen molar-refractivity contribution < 1.29 is 14.7 Å². The zero-order valence-corrected chi connectivity index (χ0v) is 9.45. The van der Waals surface area contributed by atoms with Crippen LogP contribution in [-0.2, 0) is 9.59 Å². The largest absolute Gasteiger partial charge is 0.480 e. The van der Waals surface area contributed by atoms with Gasteiger partial charge in [0.05, 0.1) is 0 Å². The van der Waals surface area contributed by atoms with Crippen LogP contribution in [0, 0.1) is 11.8 Å². The second kappa shape index (κ2) is 4.05. The van der Waals surface area contributed by atoms with Gasteiger partial charge in [-0.25, -0.2) is 4.79 Å². The molecule has 5 nitrogen and oxygen atoms in total. The van der Waals surface area contributed by atoms with E-state index in [0.717, 1.165) is 19.5 Å². The van der Waals surface area contributed by atoms with Gasteiger partial charge in [0.2, 0.25) is 5.91 Å². The van der Waals surface area contributed by atoms with Gasteiger partial charge in [-0.3, -0.25) is 4.79 Å². The number of nitrogens with one attached hydrogen (secondary N) is 2. The number of carbonyl (C=O) groups excluding carboxylic acids is 1. The third-order valence-corrected chi connectivity index (χ3v) is 3.91. The molecule has 2 fully saturated rings. The number of carbonyl (C=O) groups is 2. The van der Waals surface area contributed by atoms with Gasteiger partial charge in [0, 0.05) is 5.92 Å². The van der Waals surface area contributed by atoms with E-state index in [2.05, 4.69) is 10.6 Å². The average Bonchev–Trinajstić information content (AvgIpc) is 2.07. The van der Waals surface area contributed by atoms with Crippen LogP contribution in [0.1, 0.15) is 26.2 Å². The summed E-state index contributed by atoms with van der Waals surface area (Å²) < 4.78 is 0. The van der Waals surface area contributed by atoms with Gasteiger partial charge in [-0.05, 0) is 38.3 Å². The van der Waals surface area contributed by atoms with Crippen molar-refractivity contribution in [3.8, 4) is 0 Å². The molecule has 2 rings (SSSR count). The van der Waals surface area contributed by atoms with Crippen LogP contribution in [0.4, 0.5) is 0 Å². The van der Waals surface area contributed by atoms with Crippen LogP contribution in [0.3, 0.4) is 0 Å². The molecule has 2 aliphatic rings. The number of carboxylic acids is 1. The smallest absolute Gasteiger partial charge is 0.329 e. The van der Waals surface area contributed by atoms with E-state index in [1.807, 2.05) is 6.92 Å². The molecule has 0 aromatic carbocycles. The maximum absolute atomic E-state index is 11.9. The molecule has 90 valence electrons. The van der Waals surface area contributed by atoms with Gasteiger partial charge >= 0.3 is 5.97 Å². The second-order valence-electron chi connectivity index (χ2n) is 4.94. The van der Waals surface area contributed by atoms with E-state index < -0.39 is 11.5 Å². The summed E-state index contributed by atoms with van der Waals surface area (Å²) in [4.78, 5) is 23.0. The molecule has 3 N–H and O–H groups in total. The lowest BCUT2D eigenvalue weighted by atomic mass is 9.76. The van der Waals surface area contributed by atoms with Gasteiger partial charge in [-0.15, -0.1) is 0 Å². The Morgan fingerprint density at radius 2 is 2.06 bits per heavy atom. The van der Waals surface area contributed by atoms with Crippen molar-refractivity contribution >= 4 is 11.9 Å². The molecule has 1 saturated carbocycles. The van der Waals surface area contributed by atoms with Crippen LogP contribution in [0.5, 0.6) is 0 Å². The summed E-state index contributed by atoms with van der Waals surface area (Å²) in [5, 5.41) is 14.9. The van der Waals surface area contributed by atoms with Crippen LogP contribution in [-0.4, -0.2) is 35.6 Å². The van der Waals surface area contributed by atoms with Gasteiger partial charge in [0.15, 0.2) is 0 Å². The lowest BCUT2D eigenvalue weighted by molar-refractivity contribution is -0.152. The Morgan fingerprint density at radius 3 is 2.38 bits per heavy atom. The Morgan fingerprint density at radius 1 is 1.44 bits per heavy atom. The number of carboxylic acid groups (broad SMARTS) is 1. The van der Waals surface area contributed by atoms with Gasteiger partial charge in [-0.1, -0.05) is 6.92 Å². The van der Waals surface area contributed by atoms with Crippen molar-refractivity contribution in [2.75, 3.05) is 13.1 Å². The molecule has 0 spiro atoms. The predicted octanol–water partition coefficient (Wildman–Crippen LogP) is -0.0346. The highest BCUT2D eigenvalue weighted by molar-refractivity contribution is 5.88. The highest BCUT2D eigenvalue weighted by Crippen LogP contribution is 2.32. The van der Waals surface area contributed by atoms with Crippen LogP contribution < -0.4 is 10.6 Å². The molecular weight excluding hydrogens is 208 g/mol. The van der Waals surface area contributed by atoms with E-state index in [1.165, 1.54) is 0 Å².